The van der Waals surface area contributed by atoms with Gasteiger partial charge in [0.05, 0.1) is 28.7 Å². The molecule has 18 heteroatoms. The summed E-state index contributed by atoms with van der Waals surface area (Å²) in [4.78, 5) is 37.7. The number of anilines is 2. The molecule has 0 aliphatic carbocycles. The van der Waals surface area contributed by atoms with E-state index in [-0.39, 0.29) is 53.0 Å². The molecule has 6 N–H and O–H groups in total. The molecule has 12 nitrogen and oxygen atoms in total. The van der Waals surface area contributed by atoms with Gasteiger partial charge < -0.3 is 31.3 Å². The van der Waals surface area contributed by atoms with E-state index in [1.807, 2.05) is 0 Å². The van der Waals surface area contributed by atoms with Gasteiger partial charge in [-0.3, -0.25) is 14.2 Å². The number of aliphatic hydroxyl groups is 2. The Morgan fingerprint density at radius 3 is 2.25 bits per heavy atom. The van der Waals surface area contributed by atoms with Crippen LogP contribution < -0.4 is 16.4 Å². The Labute approximate surface area is 242 Å². The number of fused-ring (bicyclic) bond motifs is 1. The highest BCUT2D eigenvalue weighted by Gasteiger charge is 2.44. The van der Waals surface area contributed by atoms with Crippen LogP contribution in [0.4, 0.5) is 37.8 Å². The number of ether oxygens (including phenoxy) is 1. The molecule has 0 saturated carbocycles. The lowest BCUT2D eigenvalue weighted by Gasteiger charge is -2.17. The predicted octanol–water partition coefficient (Wildman–Crippen LogP) is 2.75. The second-order valence-electron chi connectivity index (χ2n) is 9.63. The summed E-state index contributed by atoms with van der Waals surface area (Å²) in [5.41, 5.74) is 1.48. The molecule has 3 heterocycles. The number of hydrogen-bond acceptors (Lipinski definition) is 9. The zero-order valence-electron chi connectivity index (χ0n) is 22.0. The monoisotopic (exact) mass is 625 g/mol. The number of halogens is 6. The average Bonchev–Trinajstić information content (AvgIpc) is 3.52. The molecule has 1 aliphatic rings. The number of imidazole rings is 1. The fraction of sp³-hybridized carbons (Fsp3) is 0.269. The molecular weight excluding hydrogens is 604 g/mol. The number of nitrogens with zero attached hydrogens (tertiary/aromatic N) is 4. The lowest BCUT2D eigenvalue weighted by atomic mass is 10.0. The van der Waals surface area contributed by atoms with Gasteiger partial charge in [-0.25, -0.2) is 15.0 Å². The number of nitrogens with one attached hydrogen (secondary N) is 2. The second kappa shape index (κ2) is 11.4. The van der Waals surface area contributed by atoms with Gasteiger partial charge in [0.25, 0.3) is 11.8 Å². The van der Waals surface area contributed by atoms with Crippen molar-refractivity contribution in [3.05, 3.63) is 77.4 Å². The van der Waals surface area contributed by atoms with Crippen LogP contribution in [0, 0.1) is 0 Å². The molecule has 232 valence electrons. The second-order valence-corrected chi connectivity index (χ2v) is 9.63. The van der Waals surface area contributed by atoms with Gasteiger partial charge in [-0.15, -0.1) is 0 Å². The number of nitrogen functional groups attached to an aromatic ring is 1. The van der Waals surface area contributed by atoms with Gasteiger partial charge in [0.15, 0.2) is 17.7 Å². The van der Waals surface area contributed by atoms with E-state index in [1.54, 1.807) is 0 Å². The summed E-state index contributed by atoms with van der Waals surface area (Å²) in [6, 6.07) is 5.63. The first-order chi connectivity index (χ1) is 20.6. The van der Waals surface area contributed by atoms with Crippen LogP contribution in [0.3, 0.4) is 0 Å². The van der Waals surface area contributed by atoms with E-state index in [4.69, 9.17) is 10.5 Å². The molecule has 2 aromatic carbocycles. The van der Waals surface area contributed by atoms with Crippen LogP contribution in [0.5, 0.6) is 0 Å². The number of alkyl halides is 6. The molecule has 1 saturated heterocycles. The van der Waals surface area contributed by atoms with Gasteiger partial charge in [-0.2, -0.15) is 26.3 Å². The number of nitrogens with two attached hydrogens (primary N) is 1. The molecular formula is C26H21F6N7O5. The molecule has 4 unspecified atom stereocenters. The van der Waals surface area contributed by atoms with E-state index in [2.05, 4.69) is 25.6 Å². The van der Waals surface area contributed by atoms with E-state index >= 15 is 0 Å². The fourth-order valence-electron chi connectivity index (χ4n) is 4.54. The normalized spacial score (nSPS) is 20.5. The van der Waals surface area contributed by atoms with Crippen molar-refractivity contribution in [3.63, 3.8) is 0 Å². The van der Waals surface area contributed by atoms with Crippen molar-refractivity contribution < 1.29 is 50.9 Å². The van der Waals surface area contributed by atoms with Crippen molar-refractivity contribution in [1.29, 1.82) is 0 Å². The number of carbonyl (C=O) groups is 2. The molecule has 1 fully saturated rings. The maximum absolute atomic E-state index is 13.2. The number of aromatic nitrogens is 4. The zero-order valence-corrected chi connectivity index (χ0v) is 22.0. The molecule has 2 amide bonds. The first kappa shape index (κ1) is 30.6. The molecule has 44 heavy (non-hydrogen) atoms. The minimum atomic E-state index is -5.17. The van der Waals surface area contributed by atoms with E-state index < -0.39 is 65.4 Å². The summed E-state index contributed by atoms with van der Waals surface area (Å²) in [7, 11) is 0. The third-order valence-corrected chi connectivity index (χ3v) is 6.73. The predicted molar refractivity (Wildman–Crippen MR) is 139 cm³/mol. The summed E-state index contributed by atoms with van der Waals surface area (Å²) in [5, 5.41) is 25.8. The minimum Gasteiger partial charge on any atom is -0.387 e. The Balaban J connectivity index is 1.31. The smallest absolute Gasteiger partial charge is 0.387 e. The van der Waals surface area contributed by atoms with E-state index in [0.717, 1.165) is 0 Å². The van der Waals surface area contributed by atoms with Crippen molar-refractivity contribution in [1.82, 2.24) is 24.8 Å². The Morgan fingerprint density at radius 2 is 1.59 bits per heavy atom. The highest BCUT2D eigenvalue weighted by Crippen LogP contribution is 2.37. The summed E-state index contributed by atoms with van der Waals surface area (Å²) >= 11 is 0. The van der Waals surface area contributed by atoms with Crippen LogP contribution in [-0.2, 0) is 17.1 Å². The van der Waals surface area contributed by atoms with Crippen LogP contribution in [0.2, 0.25) is 0 Å². The quantitative estimate of drug-likeness (QED) is 0.202. The maximum atomic E-state index is 13.2. The number of aliphatic hydroxyl groups excluding tert-OH is 2. The average molecular weight is 625 g/mol. The number of para-hydroxylation sites is 1. The van der Waals surface area contributed by atoms with Crippen LogP contribution in [-0.4, -0.2) is 66.4 Å². The van der Waals surface area contributed by atoms with Crippen LogP contribution in [0.15, 0.2) is 55.1 Å². The number of hydrogen-bond donors (Lipinski definition) is 5. The van der Waals surface area contributed by atoms with Gasteiger partial charge in [0, 0.05) is 12.1 Å². The van der Waals surface area contributed by atoms with Crippen LogP contribution in [0.25, 0.3) is 11.2 Å². The Kier molecular flexibility index (Phi) is 7.91. The number of carbonyl (C=O) groups excluding carboxylic acids is 2. The lowest BCUT2D eigenvalue weighted by Crippen LogP contribution is -2.40. The lowest BCUT2D eigenvalue weighted by molar-refractivity contribution is -0.143. The Bertz CT molecular complexity index is 1700. The summed E-state index contributed by atoms with van der Waals surface area (Å²) in [6.07, 6.45) is -13.2. The maximum Gasteiger partial charge on any atom is 0.416 e. The fourth-order valence-corrected chi connectivity index (χ4v) is 4.54. The third kappa shape index (κ3) is 5.99. The van der Waals surface area contributed by atoms with Crippen molar-refractivity contribution in [2.24, 2.45) is 0 Å². The van der Waals surface area contributed by atoms with E-state index in [0.29, 0.717) is 0 Å². The van der Waals surface area contributed by atoms with E-state index in [1.165, 1.54) is 41.5 Å². The molecule has 4 aromatic rings. The largest absolute Gasteiger partial charge is 0.416 e. The van der Waals surface area contributed by atoms with Gasteiger partial charge in [-0.1, -0.05) is 12.1 Å². The van der Waals surface area contributed by atoms with Gasteiger partial charge in [-0.05, 0) is 30.3 Å². The van der Waals surface area contributed by atoms with Crippen molar-refractivity contribution in [3.8, 4) is 0 Å². The van der Waals surface area contributed by atoms with Crippen LogP contribution >= 0.6 is 0 Å². The Hall–Kier alpha value is -4.81. The third-order valence-electron chi connectivity index (χ3n) is 6.73. The zero-order chi connectivity index (χ0) is 32.0. The molecule has 0 radical (unpaired) electrons. The molecule has 0 bridgehead atoms. The number of amides is 2. The van der Waals surface area contributed by atoms with Crippen molar-refractivity contribution in [2.75, 3.05) is 17.6 Å². The summed E-state index contributed by atoms with van der Waals surface area (Å²) in [5.74, 6) is -2.10. The summed E-state index contributed by atoms with van der Waals surface area (Å²) in [6.45, 7) is -0.359. The number of rotatable bonds is 6. The summed E-state index contributed by atoms with van der Waals surface area (Å²) < 4.78 is 86.5. The van der Waals surface area contributed by atoms with Crippen molar-refractivity contribution >= 4 is 34.5 Å². The highest BCUT2D eigenvalue weighted by atomic mass is 19.4. The Morgan fingerprint density at radius 1 is 0.932 bits per heavy atom. The molecule has 1 aliphatic heterocycles. The number of benzene rings is 2. The molecule has 0 spiro atoms. The van der Waals surface area contributed by atoms with Gasteiger partial charge in [0.2, 0.25) is 0 Å². The first-order valence-corrected chi connectivity index (χ1v) is 12.6. The molecule has 5 rings (SSSR count). The minimum absolute atomic E-state index is 0.0743. The van der Waals surface area contributed by atoms with Gasteiger partial charge in [0.1, 0.15) is 30.2 Å². The first-order valence-electron chi connectivity index (χ1n) is 12.6. The topological polar surface area (TPSA) is 178 Å². The van der Waals surface area contributed by atoms with Crippen molar-refractivity contribution in [2.45, 2.75) is 36.9 Å². The highest BCUT2D eigenvalue weighted by molar-refractivity contribution is 6.09. The molecule has 2 aromatic heterocycles. The standard InChI is InChI=1S/C26H21F6N7O5/c27-25(28,29)12-5-11(6-13(7-12)26(30,31)32)22(42)38-15-4-2-1-3-14(15)23(43)34-8-16-18(40)19(41)24(44-16)39-10-37-17-20(33)35-9-36-21(17)39/h1-7,9-10,16,18-19,24,40-41H,8H2,(H,34,43)(H,38,42)(H2,33,35,36). The SMILES string of the molecule is Nc1ncnc2c1ncn2C1OC(CNC(=O)c2ccccc2NC(=O)c2cc(C(F)(F)F)cc(C(F)(F)F)c2)C(O)C1O. The van der Waals surface area contributed by atoms with E-state index in [9.17, 15) is 46.1 Å². The van der Waals surface area contributed by atoms with Gasteiger partial charge >= 0.3 is 12.4 Å². The molecule has 4 atom stereocenters. The van der Waals surface area contributed by atoms with Crippen LogP contribution in [0.1, 0.15) is 38.1 Å².